The lowest BCUT2D eigenvalue weighted by molar-refractivity contribution is 0.529. The highest BCUT2D eigenvalue weighted by Gasteiger charge is 2.35. The molecule has 1 saturated carbocycles. The lowest BCUT2D eigenvalue weighted by atomic mass is 10.00. The van der Waals surface area contributed by atoms with Gasteiger partial charge < -0.3 is 4.57 Å². The zero-order valence-electron chi connectivity index (χ0n) is 15.0. The summed E-state index contributed by atoms with van der Waals surface area (Å²) in [5, 5.41) is 1.18. The fourth-order valence-corrected chi connectivity index (χ4v) is 4.27. The van der Waals surface area contributed by atoms with Crippen LogP contribution in [0.2, 0.25) is 0 Å². The van der Waals surface area contributed by atoms with Crippen molar-refractivity contribution in [3.8, 4) is 11.1 Å². The van der Waals surface area contributed by atoms with E-state index in [2.05, 4.69) is 44.6 Å². The van der Waals surface area contributed by atoms with Crippen LogP contribution in [-0.4, -0.2) is 23.7 Å². The number of aromatic nitrogens is 2. The minimum Gasteiger partial charge on any atom is -0.351 e. The second-order valence-electron chi connectivity index (χ2n) is 7.04. The molecule has 2 aromatic heterocycles. The van der Waals surface area contributed by atoms with E-state index in [0.717, 1.165) is 29.5 Å². The van der Waals surface area contributed by atoms with Gasteiger partial charge in [0.2, 0.25) is 10.0 Å². The van der Waals surface area contributed by atoms with Crippen LogP contribution in [-0.2, 0) is 17.1 Å². The van der Waals surface area contributed by atoms with Gasteiger partial charge in [-0.1, -0.05) is 6.07 Å². The molecule has 1 fully saturated rings. The molecule has 4 rings (SSSR count). The molecule has 5 nitrogen and oxygen atoms in total. The Labute approximate surface area is 154 Å². The standard InChI is InChI=1S/C20H23N3O2S/c1-3-26(24,25)22-20(14-4-5-14)18-11-17(12-21-13-18)15-6-7-19-16(10-15)8-9-23(19)2/h6-14,20,22H,3-5H2,1-2H3. The van der Waals surface area contributed by atoms with Crippen LogP contribution in [0, 0.1) is 5.92 Å². The first-order chi connectivity index (χ1) is 12.5. The summed E-state index contributed by atoms with van der Waals surface area (Å²) in [6.45, 7) is 1.66. The monoisotopic (exact) mass is 369 g/mol. The Balaban J connectivity index is 1.70. The first kappa shape index (κ1) is 17.2. The van der Waals surface area contributed by atoms with Crippen molar-refractivity contribution in [1.29, 1.82) is 0 Å². The molecule has 0 aliphatic heterocycles. The highest BCUT2D eigenvalue weighted by Crippen LogP contribution is 2.42. The van der Waals surface area contributed by atoms with Crippen molar-refractivity contribution in [3.05, 3.63) is 54.5 Å². The maximum atomic E-state index is 12.1. The highest BCUT2D eigenvalue weighted by molar-refractivity contribution is 7.89. The Morgan fingerprint density at radius 1 is 1.19 bits per heavy atom. The molecule has 1 aliphatic carbocycles. The summed E-state index contributed by atoms with van der Waals surface area (Å²) >= 11 is 0. The normalized spacial score (nSPS) is 16.1. The molecular formula is C20H23N3O2S. The number of sulfonamides is 1. The minimum absolute atomic E-state index is 0.0913. The van der Waals surface area contributed by atoms with Crippen LogP contribution in [0.25, 0.3) is 22.0 Å². The summed E-state index contributed by atoms with van der Waals surface area (Å²) in [7, 11) is -1.22. The molecule has 0 amide bonds. The number of benzene rings is 1. The number of nitrogens with zero attached hydrogens (tertiary/aromatic N) is 2. The van der Waals surface area contributed by atoms with Crippen LogP contribution < -0.4 is 4.72 Å². The third-order valence-electron chi connectivity index (χ3n) is 5.12. The smallest absolute Gasteiger partial charge is 0.211 e. The van der Waals surface area contributed by atoms with Gasteiger partial charge in [-0.25, -0.2) is 13.1 Å². The lowest BCUT2D eigenvalue weighted by Gasteiger charge is -2.18. The second-order valence-corrected chi connectivity index (χ2v) is 9.09. The molecule has 1 atom stereocenters. The summed E-state index contributed by atoms with van der Waals surface area (Å²) < 4.78 is 29.1. The average molecular weight is 369 g/mol. The SMILES string of the molecule is CCS(=O)(=O)NC(c1cncc(-c2ccc3c(ccn3C)c2)c1)C1CC1. The number of aryl methyl sites for hydroxylation is 1. The van der Waals surface area contributed by atoms with Gasteiger partial charge in [-0.05, 0) is 61.1 Å². The van der Waals surface area contributed by atoms with Gasteiger partial charge in [-0.15, -0.1) is 0 Å². The molecule has 1 aliphatic rings. The molecule has 136 valence electrons. The number of pyridine rings is 1. The average Bonchev–Trinajstić information content (AvgIpc) is 3.43. The van der Waals surface area contributed by atoms with Crippen LogP contribution in [0.4, 0.5) is 0 Å². The fourth-order valence-electron chi connectivity index (χ4n) is 3.39. The quantitative estimate of drug-likeness (QED) is 0.722. The molecule has 3 aromatic rings. The van der Waals surface area contributed by atoms with Crippen molar-refractivity contribution < 1.29 is 8.42 Å². The van der Waals surface area contributed by atoms with E-state index in [-0.39, 0.29) is 11.8 Å². The molecule has 0 radical (unpaired) electrons. The zero-order chi connectivity index (χ0) is 18.3. The lowest BCUT2D eigenvalue weighted by Crippen LogP contribution is -2.31. The summed E-state index contributed by atoms with van der Waals surface area (Å²) in [5.41, 5.74) is 4.22. The Morgan fingerprint density at radius 3 is 2.73 bits per heavy atom. The second kappa shape index (κ2) is 6.52. The van der Waals surface area contributed by atoms with E-state index in [1.165, 1.54) is 10.9 Å². The molecule has 1 N–H and O–H groups in total. The molecule has 26 heavy (non-hydrogen) atoms. The van der Waals surface area contributed by atoms with Crippen molar-refractivity contribution in [3.63, 3.8) is 0 Å². The Kier molecular flexibility index (Phi) is 4.32. The number of rotatable bonds is 6. The highest BCUT2D eigenvalue weighted by atomic mass is 32.2. The fraction of sp³-hybridized carbons (Fsp3) is 0.350. The van der Waals surface area contributed by atoms with Crippen molar-refractivity contribution in [2.24, 2.45) is 13.0 Å². The van der Waals surface area contributed by atoms with Crippen LogP contribution in [0.5, 0.6) is 0 Å². The predicted octanol–water partition coefficient (Wildman–Crippen LogP) is 3.63. The summed E-state index contributed by atoms with van der Waals surface area (Å²) in [4.78, 5) is 4.39. The Bertz CT molecular complexity index is 1050. The van der Waals surface area contributed by atoms with E-state index in [1.54, 1.807) is 13.1 Å². The summed E-state index contributed by atoms with van der Waals surface area (Å²) in [6.07, 6.45) is 7.78. The van der Waals surface area contributed by atoms with E-state index in [9.17, 15) is 8.42 Å². The summed E-state index contributed by atoms with van der Waals surface area (Å²) in [5.74, 6) is 0.457. The van der Waals surface area contributed by atoms with Crippen molar-refractivity contribution in [2.75, 3.05) is 5.75 Å². The van der Waals surface area contributed by atoms with Gasteiger partial charge in [0.05, 0.1) is 11.8 Å². The first-order valence-corrected chi connectivity index (χ1v) is 10.6. The Hall–Kier alpha value is -2.18. The zero-order valence-corrected chi connectivity index (χ0v) is 15.8. The number of hydrogen-bond donors (Lipinski definition) is 1. The van der Waals surface area contributed by atoms with E-state index in [4.69, 9.17) is 0 Å². The van der Waals surface area contributed by atoms with E-state index in [1.807, 2.05) is 19.4 Å². The molecule has 1 aromatic carbocycles. The number of fused-ring (bicyclic) bond motifs is 1. The van der Waals surface area contributed by atoms with Gasteiger partial charge in [0.15, 0.2) is 0 Å². The third-order valence-corrected chi connectivity index (χ3v) is 6.49. The van der Waals surface area contributed by atoms with E-state index >= 15 is 0 Å². The number of nitrogens with one attached hydrogen (secondary N) is 1. The minimum atomic E-state index is -3.26. The largest absolute Gasteiger partial charge is 0.351 e. The van der Waals surface area contributed by atoms with E-state index in [0.29, 0.717) is 5.92 Å². The van der Waals surface area contributed by atoms with E-state index < -0.39 is 10.0 Å². The van der Waals surface area contributed by atoms with Crippen molar-refractivity contribution in [1.82, 2.24) is 14.3 Å². The van der Waals surface area contributed by atoms with Crippen LogP contribution in [0.15, 0.2) is 48.9 Å². The molecule has 1 unspecified atom stereocenters. The molecular weight excluding hydrogens is 346 g/mol. The van der Waals surface area contributed by atoms with Crippen molar-refractivity contribution in [2.45, 2.75) is 25.8 Å². The number of hydrogen-bond acceptors (Lipinski definition) is 3. The molecule has 2 heterocycles. The first-order valence-electron chi connectivity index (χ1n) is 8.97. The van der Waals surface area contributed by atoms with Crippen LogP contribution >= 0.6 is 0 Å². The van der Waals surface area contributed by atoms with Crippen LogP contribution in [0.3, 0.4) is 0 Å². The molecule has 0 spiro atoms. The van der Waals surface area contributed by atoms with Crippen LogP contribution in [0.1, 0.15) is 31.4 Å². The third kappa shape index (κ3) is 3.39. The molecule has 6 heteroatoms. The van der Waals surface area contributed by atoms with Gasteiger partial charge in [0.25, 0.3) is 0 Å². The molecule has 0 bridgehead atoms. The van der Waals surface area contributed by atoms with Gasteiger partial charge in [-0.3, -0.25) is 4.98 Å². The molecule has 0 saturated heterocycles. The van der Waals surface area contributed by atoms with Crippen molar-refractivity contribution >= 4 is 20.9 Å². The Morgan fingerprint density at radius 2 is 2.00 bits per heavy atom. The maximum absolute atomic E-state index is 12.1. The van der Waals surface area contributed by atoms with Gasteiger partial charge >= 0.3 is 0 Å². The van der Waals surface area contributed by atoms with Gasteiger partial charge in [-0.2, -0.15) is 0 Å². The van der Waals surface area contributed by atoms with Gasteiger partial charge in [0, 0.05) is 42.1 Å². The predicted molar refractivity (Wildman–Crippen MR) is 104 cm³/mol. The topological polar surface area (TPSA) is 64.0 Å². The van der Waals surface area contributed by atoms with Gasteiger partial charge in [0.1, 0.15) is 0 Å². The maximum Gasteiger partial charge on any atom is 0.211 e. The summed E-state index contributed by atoms with van der Waals surface area (Å²) in [6, 6.07) is 10.3.